The minimum Gasteiger partial charge on any atom is -0.508 e. The third-order valence-corrected chi connectivity index (χ3v) is 6.21. The summed E-state index contributed by atoms with van der Waals surface area (Å²) in [4.78, 5) is 20.1. The number of aromatic amines is 1. The standard InChI is InChI=1S/C25H22F3N5O2/c1-14-22-19(12-20(30-23(22)32-31-14)15-5-7-18(34)8-6-15)24(35)33-10-9-29-13-21(33)16-3-2-4-17(11-16)25(26,27)28/h2-8,11-12,21,29,34H,9-10,13H2,1H3,(H,30,31,32). The molecule has 35 heavy (non-hydrogen) atoms. The number of fused-ring (bicyclic) bond motifs is 1. The van der Waals surface area contributed by atoms with Crippen LogP contribution in [0.15, 0.2) is 54.6 Å². The van der Waals surface area contributed by atoms with Gasteiger partial charge in [0.1, 0.15) is 5.75 Å². The number of amides is 1. The molecule has 5 rings (SSSR count). The summed E-state index contributed by atoms with van der Waals surface area (Å²) in [5.74, 6) is -0.209. The fourth-order valence-corrected chi connectivity index (χ4v) is 4.46. The number of rotatable bonds is 3. The van der Waals surface area contributed by atoms with Crippen LogP contribution in [0.25, 0.3) is 22.3 Å². The number of H-pyrrole nitrogens is 1. The van der Waals surface area contributed by atoms with Gasteiger partial charge >= 0.3 is 6.18 Å². The number of phenolic OH excluding ortho intramolecular Hbond substituents is 1. The zero-order chi connectivity index (χ0) is 24.7. The second-order valence-electron chi connectivity index (χ2n) is 8.48. The van der Waals surface area contributed by atoms with Crippen LogP contribution in [0, 0.1) is 6.92 Å². The maximum atomic E-state index is 13.9. The first-order valence-electron chi connectivity index (χ1n) is 11.1. The van der Waals surface area contributed by atoms with Crippen molar-refractivity contribution in [2.75, 3.05) is 19.6 Å². The third-order valence-electron chi connectivity index (χ3n) is 6.21. The molecule has 1 amide bonds. The highest BCUT2D eigenvalue weighted by atomic mass is 19.4. The molecule has 1 saturated heterocycles. The minimum atomic E-state index is -4.48. The number of carbonyl (C=O) groups is 1. The Kier molecular flexibility index (Phi) is 5.68. The lowest BCUT2D eigenvalue weighted by atomic mass is 9.98. The second kappa shape index (κ2) is 8.70. The molecule has 0 radical (unpaired) electrons. The molecule has 180 valence electrons. The lowest BCUT2D eigenvalue weighted by Gasteiger charge is -2.37. The number of aromatic nitrogens is 3. The summed E-state index contributed by atoms with van der Waals surface area (Å²) < 4.78 is 40.0. The first-order valence-corrected chi connectivity index (χ1v) is 11.1. The fraction of sp³-hybridized carbons (Fsp3) is 0.240. The maximum Gasteiger partial charge on any atom is 0.416 e. The van der Waals surface area contributed by atoms with E-state index >= 15 is 0 Å². The molecule has 2 aromatic heterocycles. The zero-order valence-electron chi connectivity index (χ0n) is 18.7. The van der Waals surface area contributed by atoms with Gasteiger partial charge in [-0.3, -0.25) is 9.89 Å². The molecule has 1 unspecified atom stereocenters. The average Bonchev–Trinajstić information content (AvgIpc) is 3.23. The summed E-state index contributed by atoms with van der Waals surface area (Å²) >= 11 is 0. The SMILES string of the molecule is Cc1n[nH]c2nc(-c3ccc(O)cc3)cc(C(=O)N3CCNCC3c3cccc(C(F)(F)F)c3)c12. The maximum absolute atomic E-state index is 13.9. The molecule has 1 aliphatic heterocycles. The summed E-state index contributed by atoms with van der Waals surface area (Å²) in [6.07, 6.45) is -4.48. The van der Waals surface area contributed by atoms with E-state index in [1.807, 2.05) is 0 Å². The Labute approximate surface area is 198 Å². The van der Waals surface area contributed by atoms with Crippen LogP contribution in [0.3, 0.4) is 0 Å². The number of piperazine rings is 1. The van der Waals surface area contributed by atoms with Crippen LogP contribution >= 0.6 is 0 Å². The van der Waals surface area contributed by atoms with Crippen molar-refractivity contribution >= 4 is 16.9 Å². The van der Waals surface area contributed by atoms with E-state index in [0.717, 1.165) is 12.1 Å². The van der Waals surface area contributed by atoms with E-state index in [1.54, 1.807) is 36.1 Å². The first kappa shape index (κ1) is 22.9. The monoisotopic (exact) mass is 481 g/mol. The van der Waals surface area contributed by atoms with Gasteiger partial charge in [-0.1, -0.05) is 12.1 Å². The molecular weight excluding hydrogens is 459 g/mol. The highest BCUT2D eigenvalue weighted by Gasteiger charge is 2.34. The first-order chi connectivity index (χ1) is 16.7. The normalized spacial score (nSPS) is 16.6. The molecule has 4 aromatic rings. The fourth-order valence-electron chi connectivity index (χ4n) is 4.46. The van der Waals surface area contributed by atoms with E-state index in [2.05, 4.69) is 20.5 Å². The van der Waals surface area contributed by atoms with Crippen molar-refractivity contribution in [3.8, 4) is 17.0 Å². The van der Waals surface area contributed by atoms with Crippen LogP contribution in [0.4, 0.5) is 13.2 Å². The van der Waals surface area contributed by atoms with E-state index in [9.17, 15) is 23.1 Å². The molecule has 0 spiro atoms. The lowest BCUT2D eigenvalue weighted by molar-refractivity contribution is -0.137. The number of hydrogen-bond donors (Lipinski definition) is 3. The summed E-state index contributed by atoms with van der Waals surface area (Å²) in [6.45, 7) is 2.94. The Balaban J connectivity index is 1.59. The van der Waals surface area contributed by atoms with Gasteiger partial charge in [0.05, 0.1) is 33.9 Å². The smallest absolute Gasteiger partial charge is 0.416 e. The summed E-state index contributed by atoms with van der Waals surface area (Å²) in [6, 6.07) is 12.6. The Morgan fingerprint density at radius 1 is 1.14 bits per heavy atom. The average molecular weight is 481 g/mol. The molecule has 3 N–H and O–H groups in total. The molecule has 0 saturated carbocycles. The van der Waals surface area contributed by atoms with E-state index < -0.39 is 17.8 Å². The number of hydrogen-bond acceptors (Lipinski definition) is 5. The van der Waals surface area contributed by atoms with Crippen molar-refractivity contribution in [3.05, 3.63) is 77.0 Å². The number of nitrogens with zero attached hydrogens (tertiary/aromatic N) is 3. The van der Waals surface area contributed by atoms with Crippen LogP contribution in [0.5, 0.6) is 5.75 Å². The summed E-state index contributed by atoms with van der Waals surface area (Å²) in [5, 5.41) is 20.4. The number of aryl methyl sites for hydroxylation is 1. The van der Waals surface area contributed by atoms with E-state index in [4.69, 9.17) is 0 Å². The number of nitrogens with one attached hydrogen (secondary N) is 2. The summed E-state index contributed by atoms with van der Waals surface area (Å²) in [7, 11) is 0. The molecule has 0 bridgehead atoms. The predicted molar refractivity (Wildman–Crippen MR) is 124 cm³/mol. The zero-order valence-corrected chi connectivity index (χ0v) is 18.7. The molecule has 7 nitrogen and oxygen atoms in total. The van der Waals surface area contributed by atoms with Gasteiger partial charge in [-0.2, -0.15) is 18.3 Å². The molecule has 2 aromatic carbocycles. The lowest BCUT2D eigenvalue weighted by Crippen LogP contribution is -2.48. The number of alkyl halides is 3. The number of carbonyl (C=O) groups excluding carboxylic acids is 1. The van der Waals surface area contributed by atoms with E-state index in [-0.39, 0.29) is 11.7 Å². The number of aromatic hydroxyl groups is 1. The van der Waals surface area contributed by atoms with Gasteiger partial charge in [0, 0.05) is 25.2 Å². The van der Waals surface area contributed by atoms with E-state index in [1.165, 1.54) is 18.2 Å². The highest BCUT2D eigenvalue weighted by molar-refractivity contribution is 6.07. The van der Waals surface area contributed by atoms with Gasteiger partial charge in [0.15, 0.2) is 5.65 Å². The van der Waals surface area contributed by atoms with Gasteiger partial charge in [0.2, 0.25) is 0 Å². The number of halogens is 3. The van der Waals surface area contributed by atoms with Crippen LogP contribution in [-0.2, 0) is 6.18 Å². The van der Waals surface area contributed by atoms with Crippen molar-refractivity contribution in [1.82, 2.24) is 25.4 Å². The van der Waals surface area contributed by atoms with Crippen molar-refractivity contribution in [2.24, 2.45) is 0 Å². The predicted octanol–water partition coefficient (Wildman–Crippen LogP) is 4.44. The van der Waals surface area contributed by atoms with Gasteiger partial charge in [-0.25, -0.2) is 4.98 Å². The molecule has 1 aliphatic rings. The molecule has 1 fully saturated rings. The molecular formula is C25H22F3N5O2. The molecule has 1 atom stereocenters. The van der Waals surface area contributed by atoms with Crippen LogP contribution in [0.1, 0.15) is 33.2 Å². The van der Waals surface area contributed by atoms with Crippen molar-refractivity contribution < 1.29 is 23.1 Å². The molecule has 10 heteroatoms. The molecule has 3 heterocycles. The Hall–Kier alpha value is -3.92. The third kappa shape index (κ3) is 4.32. The highest BCUT2D eigenvalue weighted by Crippen LogP contribution is 2.34. The van der Waals surface area contributed by atoms with Gasteiger partial charge in [-0.05, 0) is 55.0 Å². The van der Waals surface area contributed by atoms with Crippen molar-refractivity contribution in [2.45, 2.75) is 19.1 Å². The Morgan fingerprint density at radius 3 is 2.66 bits per heavy atom. The number of benzene rings is 2. The Bertz CT molecular complexity index is 1400. The van der Waals surface area contributed by atoms with Gasteiger partial charge in [0.25, 0.3) is 5.91 Å². The number of phenols is 1. The van der Waals surface area contributed by atoms with E-state index in [0.29, 0.717) is 58.7 Å². The quantitative estimate of drug-likeness (QED) is 0.402. The van der Waals surface area contributed by atoms with Crippen molar-refractivity contribution in [3.63, 3.8) is 0 Å². The number of pyridine rings is 1. The minimum absolute atomic E-state index is 0.105. The van der Waals surface area contributed by atoms with Crippen LogP contribution in [0.2, 0.25) is 0 Å². The topological polar surface area (TPSA) is 94.1 Å². The molecule has 0 aliphatic carbocycles. The van der Waals surface area contributed by atoms with Crippen LogP contribution < -0.4 is 5.32 Å². The summed E-state index contributed by atoms with van der Waals surface area (Å²) in [5.41, 5.74) is 2.26. The largest absolute Gasteiger partial charge is 0.508 e. The van der Waals surface area contributed by atoms with Gasteiger partial charge < -0.3 is 15.3 Å². The Morgan fingerprint density at radius 2 is 1.91 bits per heavy atom. The van der Waals surface area contributed by atoms with Crippen LogP contribution in [-0.4, -0.2) is 50.7 Å². The second-order valence-corrected chi connectivity index (χ2v) is 8.48. The van der Waals surface area contributed by atoms with Gasteiger partial charge in [-0.15, -0.1) is 0 Å². The van der Waals surface area contributed by atoms with Crippen molar-refractivity contribution in [1.29, 1.82) is 0 Å².